The van der Waals surface area contributed by atoms with Gasteiger partial charge in [0.05, 0.1) is 12.6 Å². The predicted molar refractivity (Wildman–Crippen MR) is 46.9 cm³/mol. The second kappa shape index (κ2) is 10.2. The van der Waals surface area contributed by atoms with Crippen molar-refractivity contribution in [1.29, 1.82) is 0 Å². The van der Waals surface area contributed by atoms with Crippen molar-refractivity contribution in [2.45, 2.75) is 0 Å². The van der Waals surface area contributed by atoms with E-state index >= 15 is 0 Å². The van der Waals surface area contributed by atoms with Crippen LogP contribution in [-0.2, 0) is 16.8 Å². The van der Waals surface area contributed by atoms with Crippen LogP contribution in [0.1, 0.15) is 10.4 Å². The molecule has 1 rings (SSSR count). The summed E-state index contributed by atoms with van der Waals surface area (Å²) in [5, 5.41) is 17.8. The second-order valence-corrected chi connectivity index (χ2v) is 2.17. The second-order valence-electron chi connectivity index (χ2n) is 2.17. The molecule has 0 bridgehead atoms. The molecule has 3 N–H and O–H groups in total. The van der Waals surface area contributed by atoms with Crippen molar-refractivity contribution in [2.75, 3.05) is 13.2 Å². The minimum atomic E-state index is -1.13. The molecule has 0 fully saturated rings. The molecule has 0 amide bonds. The molecule has 0 unspecified atom stereocenters. The number of aliphatic hydroxyl groups is 1. The zero-order chi connectivity index (χ0) is 10.1. The van der Waals surface area contributed by atoms with Crippen LogP contribution in [0.25, 0.3) is 0 Å². The molecule has 0 aromatic heterocycles. The van der Waals surface area contributed by atoms with Gasteiger partial charge in [0.1, 0.15) is 0 Å². The summed E-state index contributed by atoms with van der Waals surface area (Å²) in [4.78, 5) is 10.1. The number of benzene rings is 1. The minimum absolute atomic E-state index is 0. The molecule has 0 saturated heterocycles. The predicted octanol–water partition coefficient (Wildman–Crippen LogP) is -1.01. The maximum absolute atomic E-state index is 10.1. The van der Waals surface area contributed by atoms with Gasteiger partial charge in [0.15, 0.2) is 0 Å². The first-order valence-electron chi connectivity index (χ1n) is 3.79. The van der Waals surface area contributed by atoms with E-state index in [4.69, 9.17) is 10.8 Å². The number of aromatic carboxylic acids is 1. The Morgan fingerprint density at radius 1 is 1.36 bits per heavy atom. The van der Waals surface area contributed by atoms with Crippen LogP contribution in [-0.4, -0.2) is 24.2 Å². The number of nitrogens with two attached hydrogens (primary N) is 1. The smallest absolute Gasteiger partial charge is 0.545 e. The Balaban J connectivity index is 0. The Morgan fingerprint density at radius 3 is 2.00 bits per heavy atom. The van der Waals surface area contributed by atoms with Crippen molar-refractivity contribution in [1.82, 2.24) is 0 Å². The summed E-state index contributed by atoms with van der Waals surface area (Å²) in [6.07, 6.45) is 0. The van der Waals surface area contributed by atoms with E-state index in [2.05, 4.69) is 0 Å². The number of carbonyl (C=O) groups excluding carboxylic acids is 1. The first-order chi connectivity index (χ1) is 6.22. The fourth-order valence-electron chi connectivity index (χ4n) is 0.574. The number of carboxylic acids is 1. The van der Waals surface area contributed by atoms with E-state index in [1.54, 1.807) is 18.2 Å². The molecular formula is C9H12CoNO3+. The Labute approximate surface area is 92.9 Å². The van der Waals surface area contributed by atoms with Gasteiger partial charge in [-0.1, -0.05) is 30.3 Å². The third-order valence-electron chi connectivity index (χ3n) is 1.14. The van der Waals surface area contributed by atoms with E-state index in [0.717, 1.165) is 0 Å². The number of hydrogen-bond donors (Lipinski definition) is 2. The molecule has 0 aliphatic carbocycles. The Kier molecular flexibility index (Phi) is 11.4. The van der Waals surface area contributed by atoms with Crippen molar-refractivity contribution >= 4 is 5.97 Å². The fraction of sp³-hybridized carbons (Fsp3) is 0.222. The van der Waals surface area contributed by atoms with Gasteiger partial charge in [-0.2, -0.15) is 0 Å². The minimum Gasteiger partial charge on any atom is -0.545 e. The molecule has 0 aliphatic heterocycles. The molecular weight excluding hydrogens is 229 g/mol. The molecule has 0 heterocycles. The van der Waals surface area contributed by atoms with E-state index in [1.807, 2.05) is 0 Å². The van der Waals surface area contributed by atoms with E-state index in [1.165, 1.54) is 12.1 Å². The SMILES string of the molecule is NCCO.O=C([O-])c1ccccc1.[Co+2]. The number of aliphatic hydroxyl groups excluding tert-OH is 1. The van der Waals surface area contributed by atoms with Gasteiger partial charge >= 0.3 is 16.8 Å². The molecule has 5 heteroatoms. The zero-order valence-corrected chi connectivity index (χ0v) is 8.52. The fourth-order valence-corrected chi connectivity index (χ4v) is 0.574. The van der Waals surface area contributed by atoms with Crippen LogP contribution < -0.4 is 10.8 Å². The third-order valence-corrected chi connectivity index (χ3v) is 1.14. The average molecular weight is 241 g/mol. The molecule has 1 aromatic carbocycles. The number of carboxylic acid groups (broad SMARTS) is 1. The van der Waals surface area contributed by atoms with Crippen LogP contribution >= 0.6 is 0 Å². The molecule has 0 aliphatic rings. The summed E-state index contributed by atoms with van der Waals surface area (Å²) in [5.74, 6) is -1.13. The maximum atomic E-state index is 10.1. The van der Waals surface area contributed by atoms with Gasteiger partial charge in [-0.3, -0.25) is 0 Å². The molecule has 1 aromatic rings. The average Bonchev–Trinajstić information content (AvgIpc) is 2.19. The molecule has 0 spiro atoms. The summed E-state index contributed by atoms with van der Waals surface area (Å²) >= 11 is 0. The van der Waals surface area contributed by atoms with Gasteiger partial charge in [0, 0.05) is 6.54 Å². The van der Waals surface area contributed by atoms with Crippen LogP contribution in [0.2, 0.25) is 0 Å². The zero-order valence-electron chi connectivity index (χ0n) is 7.48. The topological polar surface area (TPSA) is 86.4 Å². The van der Waals surface area contributed by atoms with Gasteiger partial charge in [-0.05, 0) is 5.56 Å². The van der Waals surface area contributed by atoms with E-state index in [-0.39, 0.29) is 28.9 Å². The van der Waals surface area contributed by atoms with Gasteiger partial charge in [-0.25, -0.2) is 0 Å². The van der Waals surface area contributed by atoms with E-state index in [0.29, 0.717) is 6.54 Å². The summed E-state index contributed by atoms with van der Waals surface area (Å²) in [6, 6.07) is 8.06. The summed E-state index contributed by atoms with van der Waals surface area (Å²) in [6.45, 7) is 0.472. The summed E-state index contributed by atoms with van der Waals surface area (Å²) in [7, 11) is 0. The largest absolute Gasteiger partial charge is 2.00 e. The molecule has 0 saturated carbocycles. The summed E-state index contributed by atoms with van der Waals surface area (Å²) < 4.78 is 0. The van der Waals surface area contributed by atoms with E-state index < -0.39 is 5.97 Å². The van der Waals surface area contributed by atoms with Crippen LogP contribution in [0.5, 0.6) is 0 Å². The van der Waals surface area contributed by atoms with Crippen LogP contribution in [0.15, 0.2) is 30.3 Å². The van der Waals surface area contributed by atoms with Gasteiger partial charge in [-0.15, -0.1) is 0 Å². The Morgan fingerprint density at radius 2 is 1.79 bits per heavy atom. The third kappa shape index (κ3) is 7.75. The number of hydrogen-bond acceptors (Lipinski definition) is 4. The molecule has 1 radical (unpaired) electrons. The standard InChI is InChI=1S/C7H6O2.C2H7NO.Co/c8-7(9)6-4-2-1-3-5-6;3-1-2-4;/h1-5H,(H,8,9);4H,1-3H2;/q;;+2/p-1. The van der Waals surface area contributed by atoms with Crippen molar-refractivity contribution in [2.24, 2.45) is 5.73 Å². The van der Waals surface area contributed by atoms with E-state index in [9.17, 15) is 9.90 Å². The van der Waals surface area contributed by atoms with Gasteiger partial charge < -0.3 is 20.7 Å². The molecule has 0 atom stereocenters. The van der Waals surface area contributed by atoms with Crippen molar-refractivity contribution in [3.63, 3.8) is 0 Å². The maximum Gasteiger partial charge on any atom is 2.00 e. The monoisotopic (exact) mass is 241 g/mol. The number of rotatable bonds is 2. The van der Waals surface area contributed by atoms with Crippen molar-refractivity contribution in [3.05, 3.63) is 35.9 Å². The Bertz CT molecular complexity index is 239. The van der Waals surface area contributed by atoms with Crippen LogP contribution in [0.4, 0.5) is 0 Å². The van der Waals surface area contributed by atoms with Crippen LogP contribution in [0, 0.1) is 0 Å². The molecule has 4 nitrogen and oxygen atoms in total. The summed E-state index contributed by atoms with van der Waals surface area (Å²) in [5.41, 5.74) is 5.00. The Hall–Kier alpha value is -0.884. The number of carbonyl (C=O) groups is 1. The van der Waals surface area contributed by atoms with Gasteiger partial charge in [0.25, 0.3) is 0 Å². The first kappa shape index (κ1) is 15.6. The molecule has 14 heavy (non-hydrogen) atoms. The van der Waals surface area contributed by atoms with Crippen molar-refractivity contribution < 1.29 is 31.8 Å². The van der Waals surface area contributed by atoms with Crippen LogP contribution in [0.3, 0.4) is 0 Å². The van der Waals surface area contributed by atoms with Gasteiger partial charge in [0.2, 0.25) is 0 Å². The quantitative estimate of drug-likeness (QED) is 0.694. The van der Waals surface area contributed by atoms with Crippen molar-refractivity contribution in [3.8, 4) is 0 Å². The normalized spacial score (nSPS) is 7.86. The molecule has 79 valence electrons. The first-order valence-corrected chi connectivity index (χ1v) is 3.79.